The van der Waals surface area contributed by atoms with Crippen LogP contribution in [0.25, 0.3) is 0 Å². The zero-order valence-corrected chi connectivity index (χ0v) is 55.2. The van der Waals surface area contributed by atoms with Crippen LogP contribution in [0.4, 0.5) is 0 Å². The molecule has 1 saturated heterocycles. The van der Waals surface area contributed by atoms with Crippen LogP contribution in [0.15, 0.2) is 81.7 Å². The van der Waals surface area contributed by atoms with Gasteiger partial charge in [-0.2, -0.15) is 0 Å². The van der Waals surface area contributed by atoms with E-state index >= 15 is 0 Å². The lowest BCUT2D eigenvalue weighted by Gasteiger charge is -2.32. The third kappa shape index (κ3) is 28.4. The molecule has 0 spiro atoms. The van der Waals surface area contributed by atoms with E-state index in [-0.39, 0.29) is 127 Å². The minimum Gasteiger partial charge on any atom is -0.508 e. The molecule has 28 N–H and O–H groups in total. The van der Waals surface area contributed by atoms with Crippen LogP contribution in [0.1, 0.15) is 115 Å². The zero-order valence-electron chi connectivity index (χ0n) is 55.2. The van der Waals surface area contributed by atoms with Crippen molar-refractivity contribution < 1.29 is 57.8 Å². The topological polar surface area (TPSA) is 591 Å². The van der Waals surface area contributed by atoms with E-state index in [9.17, 15) is 57.8 Å². The zero-order chi connectivity index (χ0) is 71.6. The van der Waals surface area contributed by atoms with Crippen LogP contribution in [0.2, 0.25) is 0 Å². The molecule has 534 valence electrons. The summed E-state index contributed by atoms with van der Waals surface area (Å²) in [7, 11) is 0. The molecule has 2 aliphatic heterocycles. The summed E-state index contributed by atoms with van der Waals surface area (Å²) in [6.45, 7) is 3.33. The Morgan fingerprint density at radius 1 is 0.629 bits per heavy atom. The maximum Gasteiger partial charge on any atom is 0.245 e. The molecule has 2 aliphatic rings. The average Bonchev–Trinajstić information content (AvgIpc) is 1.77. The lowest BCUT2D eigenvalue weighted by Crippen LogP contribution is -2.61. The standard InChI is InChI=1S/C63H100N22O12/c1-3-36(2)50(59(96)83-46(22-13-31-75-63(71)72)60(97)85-32-14-23-48(85)58(95)78-41(51(66)88)17-9-10-28-64)84-56(93)45(21-12-30-74-62(69)70)81-55(92)44(20-11-29-73-61(67)68)80-54(91)43-19-8-7-18-42(79-52(89)40(65)33-38-24-26-39(86)27-25-38)53(90)76-35-49(87)77-47(57(94)82-43)34-37-15-5-4-6-16-37/h4-8,15-16,24-27,36,40-48,50,86H,3,9-14,17-23,28-35,64-65H2,1-2H3,(H2,66,88)(H,76,90)(H,77,87)(H,78,95)(H,79,89)(H,80,91)(H,81,92)(H,82,94)(H,83,96)(H,84,93)(H4,67,68,73)(H4,69,70,74)(H4,71,72,75)/b8-7-/t36-,40-,41-,42+,43-,44-,45-,46-,47-,48-,50-/m0/s1. The molecule has 97 heavy (non-hydrogen) atoms. The fourth-order valence-corrected chi connectivity index (χ4v) is 10.7. The molecule has 2 aromatic rings. The van der Waals surface area contributed by atoms with Crippen LogP contribution in [0, 0.1) is 5.92 Å². The van der Waals surface area contributed by atoms with Gasteiger partial charge >= 0.3 is 0 Å². The van der Waals surface area contributed by atoms with E-state index in [2.05, 4.69) is 62.8 Å². The lowest BCUT2D eigenvalue weighted by molar-refractivity contribution is -0.142. The van der Waals surface area contributed by atoms with Gasteiger partial charge in [0.15, 0.2) is 17.9 Å². The molecular formula is C63H100N22O12. The maximum absolute atomic E-state index is 14.8. The van der Waals surface area contributed by atoms with Gasteiger partial charge in [0.05, 0.1) is 12.6 Å². The summed E-state index contributed by atoms with van der Waals surface area (Å²) in [6, 6.07) is 1.70. The summed E-state index contributed by atoms with van der Waals surface area (Å²) in [4.78, 5) is 168. The second-order valence-electron chi connectivity index (χ2n) is 23.9. The first kappa shape index (κ1) is 79.3. The van der Waals surface area contributed by atoms with Crippen LogP contribution in [-0.4, -0.2) is 193 Å². The molecule has 34 nitrogen and oxygen atoms in total. The Kier molecular flexibility index (Phi) is 34.1. The van der Waals surface area contributed by atoms with Gasteiger partial charge in [0, 0.05) is 32.6 Å². The summed E-state index contributed by atoms with van der Waals surface area (Å²) in [5, 5.41) is 33.9. The second-order valence-corrected chi connectivity index (χ2v) is 23.9. The quantitative estimate of drug-likeness (QED) is 0.0131. The number of primary amides is 1. The summed E-state index contributed by atoms with van der Waals surface area (Å²) in [5.74, 6) is -9.95. The number of nitrogens with one attached hydrogen (secondary N) is 9. The molecule has 0 bridgehead atoms. The second kappa shape index (κ2) is 41.7. The van der Waals surface area contributed by atoms with Gasteiger partial charge in [0.2, 0.25) is 65.0 Å². The molecule has 0 aromatic heterocycles. The van der Waals surface area contributed by atoms with Crippen LogP contribution < -0.4 is 99.5 Å². The number of phenols is 1. The highest BCUT2D eigenvalue weighted by molar-refractivity contribution is 5.99. The largest absolute Gasteiger partial charge is 0.508 e. The number of phenolic OH excluding ortho intramolecular Hbond substituents is 1. The van der Waals surface area contributed by atoms with E-state index < -0.39 is 138 Å². The van der Waals surface area contributed by atoms with Crippen molar-refractivity contribution in [1.82, 2.24) is 52.8 Å². The Morgan fingerprint density at radius 3 is 1.77 bits per heavy atom. The maximum atomic E-state index is 14.8. The fraction of sp³-hybridized carbons (Fsp3) is 0.556. The first-order chi connectivity index (χ1) is 46.2. The molecule has 11 amide bonds. The van der Waals surface area contributed by atoms with Crippen LogP contribution in [0.3, 0.4) is 0 Å². The molecule has 11 atom stereocenters. The summed E-state index contributed by atoms with van der Waals surface area (Å²) >= 11 is 0. The summed E-state index contributed by atoms with van der Waals surface area (Å²) < 4.78 is 0. The molecule has 2 aromatic carbocycles. The predicted octanol–water partition coefficient (Wildman–Crippen LogP) is -5.34. The van der Waals surface area contributed by atoms with E-state index in [0.717, 1.165) is 0 Å². The SMILES string of the molecule is CC[C@H](C)[C@H](NC(=O)[C@H](CCCN=C(N)N)NC(=O)[C@H](CCCN=C(N)N)NC(=O)[C@@H]1C/C=C\C[C@@H](NC(=O)[C@@H](N)Cc2ccc(O)cc2)C(=O)NCC(=O)N[C@@H](Cc2ccccc2)C(=O)N1)C(=O)N[C@@H](CCCN=C(N)N)C(=O)N1CCC[C@H]1C(=O)N[C@@H](CCCCN)C(N)=O. The highest BCUT2D eigenvalue weighted by Crippen LogP contribution is 2.22. The lowest BCUT2D eigenvalue weighted by atomic mass is 9.96. The molecule has 0 unspecified atom stereocenters. The Bertz CT molecular complexity index is 3090. The molecule has 2 heterocycles. The first-order valence-corrected chi connectivity index (χ1v) is 32.6. The number of guanidine groups is 3. The van der Waals surface area contributed by atoms with Crippen LogP contribution in [-0.2, 0) is 65.6 Å². The molecule has 1 fully saturated rings. The Balaban J connectivity index is 1.68. The number of likely N-dealkylation sites (tertiary alicyclic amines) is 1. The Hall–Kier alpha value is -10.1. The number of amides is 11. The smallest absolute Gasteiger partial charge is 0.245 e. The summed E-state index contributed by atoms with van der Waals surface area (Å²) in [6.07, 6.45) is 4.71. The number of nitrogens with zero attached hydrogens (tertiary/aromatic N) is 4. The number of carbonyl (C=O) groups is 11. The minimum absolute atomic E-state index is 0.00690. The van der Waals surface area contributed by atoms with E-state index in [1.165, 1.54) is 29.2 Å². The average molecular weight is 1360 g/mol. The highest BCUT2D eigenvalue weighted by atomic mass is 16.3. The highest BCUT2D eigenvalue weighted by Gasteiger charge is 2.41. The molecule has 4 rings (SSSR count). The summed E-state index contributed by atoms with van der Waals surface area (Å²) in [5.41, 5.74) is 52.4. The third-order valence-electron chi connectivity index (χ3n) is 16.2. The Morgan fingerprint density at radius 2 is 1.19 bits per heavy atom. The van der Waals surface area contributed by atoms with Crippen LogP contribution in [0.5, 0.6) is 5.75 Å². The molecule has 0 saturated carbocycles. The number of hydrogen-bond acceptors (Lipinski definition) is 17. The van der Waals surface area contributed by atoms with Gasteiger partial charge in [-0.25, -0.2) is 0 Å². The van der Waals surface area contributed by atoms with Crippen molar-refractivity contribution in [2.24, 2.45) is 72.5 Å². The van der Waals surface area contributed by atoms with Gasteiger partial charge in [0.25, 0.3) is 0 Å². The number of hydrogen-bond donors (Lipinski definition) is 19. The van der Waals surface area contributed by atoms with Crippen molar-refractivity contribution >= 4 is 82.9 Å². The van der Waals surface area contributed by atoms with E-state index in [4.69, 9.17) is 51.6 Å². The van der Waals surface area contributed by atoms with Gasteiger partial charge < -0.3 is 109 Å². The number of carbonyl (C=O) groups excluding carboxylic acids is 11. The van der Waals surface area contributed by atoms with Crippen molar-refractivity contribution in [3.8, 4) is 5.75 Å². The number of unbranched alkanes of at least 4 members (excludes halogenated alkanes) is 1. The Labute approximate surface area is 563 Å². The normalized spacial score (nSPS) is 19.1. The van der Waals surface area contributed by atoms with Gasteiger partial charge in [-0.05, 0) is 126 Å². The van der Waals surface area contributed by atoms with Gasteiger partial charge in [-0.1, -0.05) is 74.9 Å². The molecule has 34 heteroatoms. The van der Waals surface area contributed by atoms with E-state index in [1.54, 1.807) is 56.3 Å². The number of rotatable bonds is 36. The number of aromatic hydroxyl groups is 1. The monoisotopic (exact) mass is 1360 g/mol. The molecular weight excluding hydrogens is 1260 g/mol. The van der Waals surface area contributed by atoms with Crippen LogP contribution >= 0.6 is 0 Å². The van der Waals surface area contributed by atoms with Gasteiger partial charge in [-0.3, -0.25) is 67.7 Å². The third-order valence-corrected chi connectivity index (χ3v) is 16.2. The number of aliphatic imine (C=N–C) groups is 3. The first-order valence-electron chi connectivity index (χ1n) is 32.6. The van der Waals surface area contributed by atoms with Gasteiger partial charge in [-0.15, -0.1) is 0 Å². The number of benzene rings is 2. The van der Waals surface area contributed by atoms with Crippen molar-refractivity contribution in [3.63, 3.8) is 0 Å². The van der Waals surface area contributed by atoms with Crippen molar-refractivity contribution in [2.45, 2.75) is 177 Å². The van der Waals surface area contributed by atoms with E-state index in [1.807, 2.05) is 0 Å². The van der Waals surface area contributed by atoms with Crippen molar-refractivity contribution in [1.29, 1.82) is 0 Å². The van der Waals surface area contributed by atoms with Gasteiger partial charge in [0.1, 0.15) is 60.1 Å². The van der Waals surface area contributed by atoms with Crippen molar-refractivity contribution in [2.75, 3.05) is 39.3 Å². The molecule has 0 radical (unpaired) electrons. The molecule has 0 aliphatic carbocycles. The van der Waals surface area contributed by atoms with Crippen molar-refractivity contribution in [3.05, 3.63) is 77.9 Å². The number of nitrogens with two attached hydrogens (primary N) is 9. The fourth-order valence-electron chi connectivity index (χ4n) is 10.7. The van der Waals surface area contributed by atoms with E-state index in [0.29, 0.717) is 43.4 Å². The minimum atomic E-state index is -1.49. The predicted molar refractivity (Wildman–Crippen MR) is 363 cm³/mol.